The van der Waals surface area contributed by atoms with E-state index in [0.717, 1.165) is 24.8 Å². The van der Waals surface area contributed by atoms with Crippen LogP contribution < -0.4 is 0 Å². The highest BCUT2D eigenvalue weighted by Crippen LogP contribution is 2.08. The van der Waals surface area contributed by atoms with Gasteiger partial charge in [-0.1, -0.05) is 60.4 Å². The molecule has 2 rings (SSSR count). The molecule has 0 radical (unpaired) electrons. The summed E-state index contributed by atoms with van der Waals surface area (Å²) in [5.74, 6) is 6.12. The van der Waals surface area contributed by atoms with Gasteiger partial charge in [0.2, 0.25) is 0 Å². The van der Waals surface area contributed by atoms with Crippen molar-refractivity contribution in [2.45, 2.75) is 31.8 Å². The van der Waals surface area contributed by atoms with Crippen LogP contribution in [0.2, 0.25) is 0 Å². The van der Waals surface area contributed by atoms with Crippen LogP contribution in [0, 0.1) is 11.8 Å². The summed E-state index contributed by atoms with van der Waals surface area (Å²) in [7, 11) is 0. The molecular formula is C19H20O. The van der Waals surface area contributed by atoms with Crippen molar-refractivity contribution in [2.75, 3.05) is 0 Å². The molecule has 102 valence electrons. The maximum Gasteiger partial charge on any atom is 0.0649 e. The molecule has 20 heavy (non-hydrogen) atoms. The Kier molecular flexibility index (Phi) is 5.89. The Hall–Kier alpha value is -2.04. The number of hydrogen-bond donors (Lipinski definition) is 1. The summed E-state index contributed by atoms with van der Waals surface area (Å²) in [6.45, 7) is 0. The second kappa shape index (κ2) is 8.19. The van der Waals surface area contributed by atoms with E-state index >= 15 is 0 Å². The molecule has 0 aliphatic heterocycles. The monoisotopic (exact) mass is 264 g/mol. The van der Waals surface area contributed by atoms with Crippen molar-refractivity contribution in [2.24, 2.45) is 0 Å². The van der Waals surface area contributed by atoms with Gasteiger partial charge < -0.3 is 5.11 Å². The van der Waals surface area contributed by atoms with E-state index < -0.39 is 0 Å². The van der Waals surface area contributed by atoms with Gasteiger partial charge >= 0.3 is 0 Å². The van der Waals surface area contributed by atoms with E-state index in [9.17, 15) is 5.11 Å². The van der Waals surface area contributed by atoms with Gasteiger partial charge in [0.05, 0.1) is 6.10 Å². The van der Waals surface area contributed by atoms with Crippen molar-refractivity contribution < 1.29 is 5.11 Å². The van der Waals surface area contributed by atoms with Crippen molar-refractivity contribution >= 4 is 0 Å². The molecule has 1 nitrogen and oxygen atoms in total. The fourth-order valence-electron chi connectivity index (χ4n) is 2.08. The second-order valence-electron chi connectivity index (χ2n) is 4.90. The van der Waals surface area contributed by atoms with Crippen LogP contribution in [-0.4, -0.2) is 11.2 Å². The molecule has 0 spiro atoms. The molecule has 2 aromatic carbocycles. The molecule has 0 heterocycles. The first kappa shape index (κ1) is 14.4. The average Bonchev–Trinajstić information content (AvgIpc) is 2.49. The lowest BCUT2D eigenvalue weighted by Gasteiger charge is -2.06. The van der Waals surface area contributed by atoms with Crippen LogP contribution in [0.4, 0.5) is 0 Å². The normalized spacial score (nSPS) is 11.4. The molecule has 1 unspecified atom stereocenters. The van der Waals surface area contributed by atoms with Crippen LogP contribution in [0.25, 0.3) is 0 Å². The minimum atomic E-state index is -0.324. The predicted octanol–water partition coefficient (Wildman–Crippen LogP) is 3.81. The Bertz CT molecular complexity index is 549. The molecule has 0 fully saturated rings. The number of benzene rings is 2. The van der Waals surface area contributed by atoms with E-state index in [-0.39, 0.29) is 6.10 Å². The fraction of sp³-hybridized carbons (Fsp3) is 0.263. The molecule has 1 N–H and O–H groups in total. The van der Waals surface area contributed by atoms with Crippen LogP contribution in [0.15, 0.2) is 60.7 Å². The number of aryl methyl sites for hydroxylation is 1. The largest absolute Gasteiger partial charge is 0.392 e. The third kappa shape index (κ3) is 5.30. The van der Waals surface area contributed by atoms with Crippen molar-refractivity contribution in [1.82, 2.24) is 0 Å². The summed E-state index contributed by atoms with van der Waals surface area (Å²) in [6, 6.07) is 20.3. The smallest absolute Gasteiger partial charge is 0.0649 e. The molecule has 0 aromatic heterocycles. The Morgan fingerprint density at radius 3 is 2.25 bits per heavy atom. The van der Waals surface area contributed by atoms with Crippen LogP contribution in [0.1, 0.15) is 30.4 Å². The van der Waals surface area contributed by atoms with E-state index in [2.05, 4.69) is 36.1 Å². The van der Waals surface area contributed by atoms with E-state index in [0.29, 0.717) is 6.42 Å². The van der Waals surface area contributed by atoms with Crippen LogP contribution in [0.5, 0.6) is 0 Å². The van der Waals surface area contributed by atoms with Gasteiger partial charge in [0.15, 0.2) is 0 Å². The molecule has 1 atom stereocenters. The molecule has 2 aromatic rings. The zero-order chi connectivity index (χ0) is 14.0. The van der Waals surface area contributed by atoms with Gasteiger partial charge in [0, 0.05) is 12.0 Å². The molecule has 0 amide bonds. The van der Waals surface area contributed by atoms with E-state index in [1.54, 1.807) is 0 Å². The number of hydrogen-bond acceptors (Lipinski definition) is 1. The first-order valence-corrected chi connectivity index (χ1v) is 7.10. The van der Waals surface area contributed by atoms with Gasteiger partial charge in [-0.25, -0.2) is 0 Å². The van der Waals surface area contributed by atoms with Crippen molar-refractivity contribution in [3.63, 3.8) is 0 Å². The SMILES string of the molecule is OC(CC#Cc1ccccc1)CCCc1ccccc1. The van der Waals surface area contributed by atoms with Gasteiger partial charge in [0.25, 0.3) is 0 Å². The van der Waals surface area contributed by atoms with E-state index in [1.165, 1.54) is 5.56 Å². The molecular weight excluding hydrogens is 244 g/mol. The van der Waals surface area contributed by atoms with Crippen LogP contribution >= 0.6 is 0 Å². The number of rotatable bonds is 5. The van der Waals surface area contributed by atoms with Gasteiger partial charge in [-0.15, -0.1) is 0 Å². The van der Waals surface area contributed by atoms with Gasteiger partial charge in [-0.2, -0.15) is 0 Å². The lowest BCUT2D eigenvalue weighted by molar-refractivity contribution is 0.167. The maximum absolute atomic E-state index is 9.90. The van der Waals surface area contributed by atoms with Gasteiger partial charge in [-0.3, -0.25) is 0 Å². The summed E-state index contributed by atoms with van der Waals surface area (Å²) < 4.78 is 0. The standard InChI is InChI=1S/C19H20O/c20-19(15-7-13-17-9-3-1-4-10-17)16-8-14-18-11-5-2-6-12-18/h1-6,9-12,19-20H,7,13,15-16H2. The molecule has 1 heteroatoms. The molecule has 0 aliphatic rings. The summed E-state index contributed by atoms with van der Waals surface area (Å²) >= 11 is 0. The lowest BCUT2D eigenvalue weighted by atomic mass is 10.0. The van der Waals surface area contributed by atoms with Gasteiger partial charge in [-0.05, 0) is 37.0 Å². The first-order valence-electron chi connectivity index (χ1n) is 7.10. The lowest BCUT2D eigenvalue weighted by Crippen LogP contribution is -2.05. The zero-order valence-corrected chi connectivity index (χ0v) is 11.6. The first-order chi connectivity index (χ1) is 9.84. The maximum atomic E-state index is 9.90. The summed E-state index contributed by atoms with van der Waals surface area (Å²) in [4.78, 5) is 0. The topological polar surface area (TPSA) is 20.2 Å². The van der Waals surface area contributed by atoms with E-state index in [1.807, 2.05) is 36.4 Å². The quantitative estimate of drug-likeness (QED) is 0.814. The Morgan fingerprint density at radius 1 is 0.900 bits per heavy atom. The third-order valence-electron chi connectivity index (χ3n) is 3.19. The molecule has 0 saturated carbocycles. The van der Waals surface area contributed by atoms with Crippen molar-refractivity contribution in [3.05, 3.63) is 71.8 Å². The number of aliphatic hydroxyl groups excluding tert-OH is 1. The Labute approximate surface area is 121 Å². The summed E-state index contributed by atoms with van der Waals surface area (Å²) in [6.07, 6.45) is 3.04. The highest BCUT2D eigenvalue weighted by Gasteiger charge is 2.01. The van der Waals surface area contributed by atoms with E-state index in [4.69, 9.17) is 0 Å². The van der Waals surface area contributed by atoms with Crippen molar-refractivity contribution in [3.8, 4) is 11.8 Å². The minimum absolute atomic E-state index is 0.324. The fourth-order valence-corrected chi connectivity index (χ4v) is 2.08. The number of aliphatic hydroxyl groups is 1. The highest BCUT2D eigenvalue weighted by atomic mass is 16.3. The van der Waals surface area contributed by atoms with Crippen molar-refractivity contribution in [1.29, 1.82) is 0 Å². The Balaban J connectivity index is 1.68. The summed E-state index contributed by atoms with van der Waals surface area (Å²) in [5, 5.41) is 9.90. The highest BCUT2D eigenvalue weighted by molar-refractivity contribution is 5.33. The second-order valence-corrected chi connectivity index (χ2v) is 4.90. The summed E-state index contributed by atoms with van der Waals surface area (Å²) in [5.41, 5.74) is 2.33. The minimum Gasteiger partial charge on any atom is -0.392 e. The van der Waals surface area contributed by atoms with Crippen LogP contribution in [0.3, 0.4) is 0 Å². The third-order valence-corrected chi connectivity index (χ3v) is 3.19. The molecule has 0 aliphatic carbocycles. The average molecular weight is 264 g/mol. The molecule has 0 bridgehead atoms. The molecule has 0 saturated heterocycles. The van der Waals surface area contributed by atoms with Gasteiger partial charge in [0.1, 0.15) is 0 Å². The van der Waals surface area contributed by atoms with Crippen LogP contribution in [-0.2, 0) is 6.42 Å². The Morgan fingerprint density at radius 2 is 1.55 bits per heavy atom. The predicted molar refractivity (Wildman–Crippen MR) is 83.3 cm³/mol. The zero-order valence-electron chi connectivity index (χ0n) is 11.6.